The van der Waals surface area contributed by atoms with Crippen LogP contribution in [0.1, 0.15) is 15.9 Å². The van der Waals surface area contributed by atoms with E-state index >= 15 is 0 Å². The van der Waals surface area contributed by atoms with Gasteiger partial charge in [-0.05, 0) is 24.3 Å². The number of benzene rings is 2. The second kappa shape index (κ2) is 6.18. The van der Waals surface area contributed by atoms with Crippen LogP contribution in [0.3, 0.4) is 0 Å². The standard InChI is InChI=1S/C15H10ClF3O2/c16-12-7-3-1-5-10(12)13(20)9-21-14-8-4-2-6-11(14)15(17,18)19/h1-8H,9H2. The number of hydrogen-bond acceptors (Lipinski definition) is 2. The Morgan fingerprint density at radius 2 is 1.67 bits per heavy atom. The number of ether oxygens (including phenoxy) is 1. The van der Waals surface area contributed by atoms with E-state index in [1.165, 1.54) is 30.3 Å². The quantitative estimate of drug-likeness (QED) is 0.770. The van der Waals surface area contributed by atoms with Crippen molar-refractivity contribution in [2.24, 2.45) is 0 Å². The predicted molar refractivity (Wildman–Crippen MR) is 72.7 cm³/mol. The van der Waals surface area contributed by atoms with Gasteiger partial charge in [-0.25, -0.2) is 0 Å². The van der Waals surface area contributed by atoms with Gasteiger partial charge in [-0.1, -0.05) is 35.9 Å². The molecule has 0 bridgehead atoms. The summed E-state index contributed by atoms with van der Waals surface area (Å²) in [5, 5.41) is 0.232. The average Bonchev–Trinajstić information content (AvgIpc) is 2.44. The van der Waals surface area contributed by atoms with E-state index in [0.29, 0.717) is 0 Å². The third-order valence-electron chi connectivity index (χ3n) is 2.73. The minimum absolute atomic E-state index is 0.212. The van der Waals surface area contributed by atoms with Crippen LogP contribution in [0.5, 0.6) is 5.75 Å². The number of Topliss-reactive ketones (excluding diaryl/α,β-unsaturated/α-hetero) is 1. The lowest BCUT2D eigenvalue weighted by molar-refractivity contribution is -0.138. The molecule has 2 aromatic carbocycles. The van der Waals surface area contributed by atoms with Crippen LogP contribution in [0.25, 0.3) is 0 Å². The Bertz CT molecular complexity index is 653. The number of halogens is 4. The fraction of sp³-hybridized carbons (Fsp3) is 0.133. The van der Waals surface area contributed by atoms with E-state index in [0.717, 1.165) is 6.07 Å². The number of ketones is 1. The third-order valence-corrected chi connectivity index (χ3v) is 3.06. The van der Waals surface area contributed by atoms with Crippen LogP contribution in [0.2, 0.25) is 5.02 Å². The summed E-state index contributed by atoms with van der Waals surface area (Å²) in [7, 11) is 0. The zero-order valence-electron chi connectivity index (χ0n) is 10.7. The Morgan fingerprint density at radius 1 is 1.05 bits per heavy atom. The van der Waals surface area contributed by atoms with Crippen molar-refractivity contribution >= 4 is 17.4 Å². The number of carbonyl (C=O) groups is 1. The maximum atomic E-state index is 12.8. The van der Waals surface area contributed by atoms with E-state index < -0.39 is 24.1 Å². The van der Waals surface area contributed by atoms with Crippen molar-refractivity contribution in [3.63, 3.8) is 0 Å². The van der Waals surface area contributed by atoms with Gasteiger partial charge in [-0.3, -0.25) is 4.79 Å². The van der Waals surface area contributed by atoms with Crippen molar-refractivity contribution in [1.82, 2.24) is 0 Å². The van der Waals surface area contributed by atoms with Gasteiger partial charge in [-0.15, -0.1) is 0 Å². The summed E-state index contributed by atoms with van der Waals surface area (Å²) in [6.07, 6.45) is -4.54. The molecule has 110 valence electrons. The van der Waals surface area contributed by atoms with Crippen molar-refractivity contribution in [3.05, 3.63) is 64.7 Å². The van der Waals surface area contributed by atoms with E-state index in [-0.39, 0.29) is 16.3 Å². The van der Waals surface area contributed by atoms with Gasteiger partial charge < -0.3 is 4.74 Å². The number of carbonyl (C=O) groups excluding carboxylic acids is 1. The molecule has 0 aliphatic heterocycles. The van der Waals surface area contributed by atoms with Crippen molar-refractivity contribution < 1.29 is 22.7 Å². The molecule has 0 amide bonds. The maximum Gasteiger partial charge on any atom is 0.419 e. The van der Waals surface area contributed by atoms with Gasteiger partial charge in [0.25, 0.3) is 0 Å². The summed E-state index contributed by atoms with van der Waals surface area (Å²) in [5.74, 6) is -0.872. The van der Waals surface area contributed by atoms with Crippen LogP contribution in [-0.2, 0) is 6.18 Å². The van der Waals surface area contributed by atoms with Crippen molar-refractivity contribution in [3.8, 4) is 5.75 Å². The predicted octanol–water partition coefficient (Wildman–Crippen LogP) is 4.62. The molecule has 0 saturated carbocycles. The molecule has 21 heavy (non-hydrogen) atoms. The second-order valence-corrected chi connectivity index (χ2v) is 4.59. The first-order chi connectivity index (χ1) is 9.89. The van der Waals surface area contributed by atoms with Gasteiger partial charge in [0.15, 0.2) is 6.61 Å². The molecule has 0 saturated heterocycles. The van der Waals surface area contributed by atoms with Gasteiger partial charge >= 0.3 is 6.18 Å². The summed E-state index contributed by atoms with van der Waals surface area (Å²) in [5.41, 5.74) is -0.708. The normalized spacial score (nSPS) is 11.2. The Balaban J connectivity index is 2.14. The molecule has 0 unspecified atom stereocenters. The third kappa shape index (κ3) is 3.76. The first kappa shape index (κ1) is 15.4. The molecule has 0 atom stereocenters. The van der Waals surface area contributed by atoms with Crippen molar-refractivity contribution in [1.29, 1.82) is 0 Å². The molecule has 2 rings (SSSR count). The first-order valence-electron chi connectivity index (χ1n) is 5.96. The Kier molecular flexibility index (Phi) is 4.53. The summed E-state index contributed by atoms with van der Waals surface area (Å²) in [6.45, 7) is -0.517. The highest BCUT2D eigenvalue weighted by Crippen LogP contribution is 2.35. The highest BCUT2D eigenvalue weighted by Gasteiger charge is 2.34. The Labute approximate surface area is 124 Å². The summed E-state index contributed by atoms with van der Waals surface area (Å²) in [6, 6.07) is 11.0. The Morgan fingerprint density at radius 3 is 2.33 bits per heavy atom. The van der Waals surface area contributed by atoms with Crippen molar-refractivity contribution in [2.75, 3.05) is 6.61 Å². The molecule has 2 aromatic rings. The lowest BCUT2D eigenvalue weighted by Crippen LogP contribution is -2.15. The van der Waals surface area contributed by atoms with Crippen LogP contribution in [0, 0.1) is 0 Å². The topological polar surface area (TPSA) is 26.3 Å². The van der Waals surface area contributed by atoms with Crippen molar-refractivity contribution in [2.45, 2.75) is 6.18 Å². The lowest BCUT2D eigenvalue weighted by Gasteiger charge is -2.13. The molecule has 0 aliphatic carbocycles. The number of para-hydroxylation sites is 1. The minimum atomic E-state index is -4.54. The van der Waals surface area contributed by atoms with E-state index in [1.54, 1.807) is 12.1 Å². The van der Waals surface area contributed by atoms with Gasteiger partial charge in [0, 0.05) is 5.56 Å². The number of hydrogen-bond donors (Lipinski definition) is 0. The largest absolute Gasteiger partial charge is 0.485 e. The molecule has 0 aliphatic rings. The zero-order valence-corrected chi connectivity index (χ0v) is 11.4. The Hall–Kier alpha value is -2.01. The summed E-state index contributed by atoms with van der Waals surface area (Å²) in [4.78, 5) is 11.9. The highest BCUT2D eigenvalue weighted by atomic mass is 35.5. The minimum Gasteiger partial charge on any atom is -0.485 e. The maximum absolute atomic E-state index is 12.8. The zero-order chi connectivity index (χ0) is 15.5. The highest BCUT2D eigenvalue weighted by molar-refractivity contribution is 6.34. The van der Waals surface area contributed by atoms with Crippen LogP contribution < -0.4 is 4.74 Å². The van der Waals surface area contributed by atoms with E-state index in [2.05, 4.69) is 0 Å². The lowest BCUT2D eigenvalue weighted by atomic mass is 10.1. The summed E-state index contributed by atoms with van der Waals surface area (Å²) < 4.78 is 43.3. The average molecular weight is 315 g/mol. The molecule has 2 nitrogen and oxygen atoms in total. The number of alkyl halides is 3. The first-order valence-corrected chi connectivity index (χ1v) is 6.34. The monoisotopic (exact) mass is 314 g/mol. The molecular formula is C15H10ClF3O2. The molecule has 0 heterocycles. The fourth-order valence-corrected chi connectivity index (χ4v) is 1.98. The molecule has 0 N–H and O–H groups in total. The van der Waals surface area contributed by atoms with E-state index in [1.807, 2.05) is 0 Å². The molecule has 0 fully saturated rings. The smallest absolute Gasteiger partial charge is 0.419 e. The molecular weight excluding hydrogens is 305 g/mol. The van der Waals surface area contributed by atoms with E-state index in [4.69, 9.17) is 16.3 Å². The van der Waals surface area contributed by atoms with Gasteiger partial charge in [0.05, 0.1) is 10.6 Å². The van der Waals surface area contributed by atoms with E-state index in [9.17, 15) is 18.0 Å². The van der Waals surface area contributed by atoms with Crippen LogP contribution in [0.4, 0.5) is 13.2 Å². The fourth-order valence-electron chi connectivity index (χ4n) is 1.74. The molecule has 0 aromatic heterocycles. The molecule has 6 heteroatoms. The van der Waals surface area contributed by atoms with Gasteiger partial charge in [-0.2, -0.15) is 13.2 Å². The van der Waals surface area contributed by atoms with Crippen LogP contribution >= 0.6 is 11.6 Å². The molecule has 0 radical (unpaired) electrons. The van der Waals surface area contributed by atoms with Gasteiger partial charge in [0.1, 0.15) is 5.75 Å². The van der Waals surface area contributed by atoms with Gasteiger partial charge in [0.2, 0.25) is 5.78 Å². The van der Waals surface area contributed by atoms with Crippen LogP contribution in [0.15, 0.2) is 48.5 Å². The number of rotatable bonds is 4. The summed E-state index contributed by atoms with van der Waals surface area (Å²) >= 11 is 5.85. The van der Waals surface area contributed by atoms with Crippen LogP contribution in [-0.4, -0.2) is 12.4 Å². The second-order valence-electron chi connectivity index (χ2n) is 4.19. The molecule has 0 spiro atoms. The SMILES string of the molecule is O=C(COc1ccccc1C(F)(F)F)c1ccccc1Cl.